The highest BCUT2D eigenvalue weighted by Gasteiger charge is 2.34. The molecule has 0 saturated carbocycles. The predicted molar refractivity (Wildman–Crippen MR) is 110 cm³/mol. The van der Waals surface area contributed by atoms with Crippen LogP contribution in [-0.4, -0.2) is 57.7 Å². The maximum Gasteiger partial charge on any atom is 0.534 e. The van der Waals surface area contributed by atoms with Gasteiger partial charge in [0.2, 0.25) is 5.91 Å². The summed E-state index contributed by atoms with van der Waals surface area (Å²) in [6.07, 6.45) is -1.73. The van der Waals surface area contributed by atoms with Gasteiger partial charge < -0.3 is 9.47 Å². The van der Waals surface area contributed by atoms with Crippen molar-refractivity contribution >= 4 is 51.6 Å². The van der Waals surface area contributed by atoms with Crippen molar-refractivity contribution in [3.05, 3.63) is 0 Å². The van der Waals surface area contributed by atoms with E-state index in [0.717, 1.165) is 0 Å². The molecule has 0 bridgehead atoms. The molecule has 30 heavy (non-hydrogen) atoms. The highest BCUT2D eigenvalue weighted by atomic mass is 33.1. The van der Waals surface area contributed by atoms with E-state index in [1.54, 1.807) is 20.8 Å². The lowest BCUT2D eigenvalue weighted by Gasteiger charge is -2.23. The molecule has 0 spiro atoms. The SMILES string of the molecule is CC(C)(C)OC(=O)NNC(=O)CCSSC(C)(C)COC(=O)ON1C(=O)CCC1=O. The molecule has 0 aromatic rings. The molecule has 0 atom stereocenters. The Kier molecular flexibility index (Phi) is 9.75. The number of ether oxygens (including phenoxy) is 2. The number of rotatable bonds is 8. The van der Waals surface area contributed by atoms with E-state index in [9.17, 15) is 24.0 Å². The van der Waals surface area contributed by atoms with E-state index in [0.29, 0.717) is 10.8 Å². The number of hydroxylamine groups is 2. The van der Waals surface area contributed by atoms with Crippen LogP contribution in [-0.2, 0) is 28.7 Å². The molecule has 0 aromatic carbocycles. The predicted octanol–water partition coefficient (Wildman–Crippen LogP) is 2.31. The van der Waals surface area contributed by atoms with Gasteiger partial charge in [-0.2, -0.15) is 0 Å². The highest BCUT2D eigenvalue weighted by Crippen LogP contribution is 2.36. The number of hydrogen-bond donors (Lipinski definition) is 2. The fourth-order valence-electron chi connectivity index (χ4n) is 1.84. The number of imide groups is 1. The summed E-state index contributed by atoms with van der Waals surface area (Å²) in [7, 11) is 2.76. The molecule has 1 heterocycles. The number of nitrogens with zero attached hydrogens (tertiary/aromatic N) is 1. The van der Waals surface area contributed by atoms with Gasteiger partial charge in [-0.1, -0.05) is 26.7 Å². The Morgan fingerprint density at radius 1 is 1.03 bits per heavy atom. The second-order valence-electron chi connectivity index (χ2n) is 7.80. The normalized spacial score (nSPS) is 14.4. The summed E-state index contributed by atoms with van der Waals surface area (Å²) in [6.45, 7) is 8.71. The van der Waals surface area contributed by atoms with Crippen molar-refractivity contribution in [3.8, 4) is 0 Å². The number of hydrogen-bond acceptors (Lipinski definition) is 10. The zero-order valence-electron chi connectivity index (χ0n) is 17.6. The summed E-state index contributed by atoms with van der Waals surface area (Å²) >= 11 is 0. The Bertz CT molecular complexity index is 662. The van der Waals surface area contributed by atoms with Crippen LogP contribution < -0.4 is 10.9 Å². The quantitative estimate of drug-likeness (QED) is 0.180. The molecular formula is C17H27N3O8S2. The van der Waals surface area contributed by atoms with Gasteiger partial charge >= 0.3 is 12.2 Å². The van der Waals surface area contributed by atoms with Crippen LogP contribution in [0.4, 0.5) is 9.59 Å². The van der Waals surface area contributed by atoms with E-state index in [1.807, 2.05) is 13.8 Å². The van der Waals surface area contributed by atoms with Crippen LogP contribution in [0.15, 0.2) is 0 Å². The van der Waals surface area contributed by atoms with Crippen molar-refractivity contribution in [3.63, 3.8) is 0 Å². The molecule has 4 amide bonds. The number of amides is 4. The first-order chi connectivity index (χ1) is 13.8. The van der Waals surface area contributed by atoms with Gasteiger partial charge in [0.15, 0.2) is 0 Å². The third-order valence-electron chi connectivity index (χ3n) is 3.11. The molecule has 2 N–H and O–H groups in total. The molecule has 0 unspecified atom stereocenters. The Morgan fingerprint density at radius 3 is 2.20 bits per heavy atom. The summed E-state index contributed by atoms with van der Waals surface area (Å²) < 4.78 is 9.44. The molecule has 1 saturated heterocycles. The molecule has 11 nitrogen and oxygen atoms in total. The lowest BCUT2D eigenvalue weighted by atomic mass is 10.2. The first-order valence-corrected chi connectivity index (χ1v) is 11.4. The average molecular weight is 466 g/mol. The van der Waals surface area contributed by atoms with Gasteiger partial charge in [-0.3, -0.25) is 24.6 Å². The van der Waals surface area contributed by atoms with E-state index in [4.69, 9.17) is 9.47 Å². The first-order valence-electron chi connectivity index (χ1n) is 9.08. The fraction of sp³-hybridized carbons (Fsp3) is 0.706. The van der Waals surface area contributed by atoms with Crippen LogP contribution in [0.25, 0.3) is 0 Å². The van der Waals surface area contributed by atoms with Crippen LogP contribution >= 0.6 is 21.6 Å². The van der Waals surface area contributed by atoms with E-state index < -0.39 is 34.4 Å². The molecule has 0 aromatic heterocycles. The molecule has 0 radical (unpaired) electrons. The lowest BCUT2D eigenvalue weighted by Crippen LogP contribution is -2.44. The summed E-state index contributed by atoms with van der Waals surface area (Å²) in [5.74, 6) is -1.11. The van der Waals surface area contributed by atoms with Crippen molar-refractivity contribution in [2.75, 3.05) is 12.4 Å². The summed E-state index contributed by atoms with van der Waals surface area (Å²) in [4.78, 5) is 62.3. The van der Waals surface area contributed by atoms with Crippen LogP contribution in [0.3, 0.4) is 0 Å². The van der Waals surface area contributed by atoms with E-state index >= 15 is 0 Å². The van der Waals surface area contributed by atoms with Gasteiger partial charge in [-0.25, -0.2) is 15.0 Å². The van der Waals surface area contributed by atoms with Crippen molar-refractivity contribution in [1.29, 1.82) is 0 Å². The zero-order chi connectivity index (χ0) is 22.9. The van der Waals surface area contributed by atoms with Crippen molar-refractivity contribution in [2.45, 2.75) is 64.2 Å². The molecule has 1 aliphatic rings. The Balaban J connectivity index is 2.20. The summed E-state index contributed by atoms with van der Waals surface area (Å²) in [6, 6.07) is 0. The third kappa shape index (κ3) is 10.6. The number of carbonyl (C=O) groups is 5. The first kappa shape index (κ1) is 25.9. The van der Waals surface area contributed by atoms with E-state index in [-0.39, 0.29) is 31.8 Å². The second-order valence-corrected chi connectivity index (χ2v) is 10.9. The molecule has 170 valence electrons. The highest BCUT2D eigenvalue weighted by molar-refractivity contribution is 8.77. The number of carbonyl (C=O) groups excluding carboxylic acids is 5. The maximum atomic E-state index is 11.7. The van der Waals surface area contributed by atoms with E-state index in [1.165, 1.54) is 21.6 Å². The van der Waals surface area contributed by atoms with Gasteiger partial charge in [0.05, 0.1) is 4.75 Å². The van der Waals surface area contributed by atoms with Crippen molar-refractivity contribution < 1.29 is 38.3 Å². The third-order valence-corrected chi connectivity index (χ3v) is 6.37. The van der Waals surface area contributed by atoms with Crippen LogP contribution in [0.2, 0.25) is 0 Å². The minimum Gasteiger partial charge on any atom is -0.443 e. The Morgan fingerprint density at radius 2 is 1.63 bits per heavy atom. The Labute approximate surface area is 182 Å². The molecule has 1 rings (SSSR count). The van der Waals surface area contributed by atoms with Crippen molar-refractivity contribution in [2.24, 2.45) is 0 Å². The maximum absolute atomic E-state index is 11.7. The van der Waals surface area contributed by atoms with E-state index in [2.05, 4.69) is 15.7 Å². The van der Waals surface area contributed by atoms with Gasteiger partial charge in [0, 0.05) is 25.0 Å². The molecular weight excluding hydrogens is 438 g/mol. The molecule has 1 aliphatic heterocycles. The van der Waals surface area contributed by atoms with Gasteiger partial charge in [0.1, 0.15) is 12.2 Å². The molecule has 0 aliphatic carbocycles. The largest absolute Gasteiger partial charge is 0.534 e. The van der Waals surface area contributed by atoms with Crippen LogP contribution in [0.5, 0.6) is 0 Å². The second kappa shape index (κ2) is 11.3. The molecule has 1 fully saturated rings. The minimum atomic E-state index is -1.13. The minimum absolute atomic E-state index is 0.00493. The van der Waals surface area contributed by atoms with Gasteiger partial charge in [-0.15, -0.1) is 0 Å². The molecule has 13 heteroatoms. The van der Waals surface area contributed by atoms with Gasteiger partial charge in [0.25, 0.3) is 11.8 Å². The number of nitrogens with one attached hydrogen (secondary N) is 2. The van der Waals surface area contributed by atoms with Crippen molar-refractivity contribution in [1.82, 2.24) is 15.9 Å². The smallest absolute Gasteiger partial charge is 0.443 e. The average Bonchev–Trinajstić information content (AvgIpc) is 2.92. The monoisotopic (exact) mass is 465 g/mol. The van der Waals surface area contributed by atoms with Crippen LogP contribution in [0.1, 0.15) is 53.9 Å². The zero-order valence-corrected chi connectivity index (χ0v) is 19.2. The Hall–Kier alpha value is -2.15. The standard InChI is InChI=1S/C17H27N3O8S2/c1-16(2,3)27-14(24)19-18-11(21)8-9-29-30-17(4,5)10-26-15(25)28-20-12(22)6-7-13(20)23/h6-10H2,1-5H3,(H,18,21)(H,19,24). The fourth-order valence-corrected chi connectivity index (χ4v) is 4.22. The lowest BCUT2D eigenvalue weighted by molar-refractivity contribution is -0.177. The summed E-state index contributed by atoms with van der Waals surface area (Å²) in [5, 5.41) is 0.418. The van der Waals surface area contributed by atoms with Crippen LogP contribution in [0, 0.1) is 0 Å². The van der Waals surface area contributed by atoms with Gasteiger partial charge in [-0.05, 0) is 34.6 Å². The topological polar surface area (TPSA) is 140 Å². The summed E-state index contributed by atoms with van der Waals surface area (Å²) in [5.41, 5.74) is 3.75. The number of hydrazine groups is 1.